The van der Waals surface area contributed by atoms with Crippen molar-refractivity contribution in [2.24, 2.45) is 5.92 Å². The average Bonchev–Trinajstić information content (AvgIpc) is 2.09. The van der Waals surface area contributed by atoms with E-state index in [-0.39, 0.29) is 0 Å². The fourth-order valence-corrected chi connectivity index (χ4v) is 1.82. The van der Waals surface area contributed by atoms with Crippen LogP contribution in [0.5, 0.6) is 0 Å². The highest BCUT2D eigenvalue weighted by molar-refractivity contribution is 4.89. The molecule has 2 heteroatoms. The molecule has 2 nitrogen and oxygen atoms in total. The van der Waals surface area contributed by atoms with Gasteiger partial charge in [-0.1, -0.05) is 0 Å². The van der Waals surface area contributed by atoms with Gasteiger partial charge in [0.05, 0.1) is 7.11 Å². The summed E-state index contributed by atoms with van der Waals surface area (Å²) in [6, 6.07) is 0.545. The first-order chi connectivity index (χ1) is 5.86. The van der Waals surface area contributed by atoms with E-state index in [9.17, 15) is 0 Å². The van der Waals surface area contributed by atoms with E-state index in [4.69, 9.17) is 11.3 Å². The molecule has 0 heterocycles. The number of hydrogen-bond acceptors (Lipinski definition) is 2. The van der Waals surface area contributed by atoms with Crippen molar-refractivity contribution in [2.75, 3.05) is 7.11 Å². The molecule has 1 N–H and O–H groups in total. The van der Waals surface area contributed by atoms with Gasteiger partial charge in [0.1, 0.15) is 0 Å². The second-order valence-electron chi connectivity index (χ2n) is 3.45. The highest BCUT2D eigenvalue weighted by Gasteiger charge is 2.19. The van der Waals surface area contributed by atoms with Gasteiger partial charge in [-0.3, -0.25) is 0 Å². The summed E-state index contributed by atoms with van der Waals surface area (Å²) < 4.78 is 0. The number of rotatable bonds is 3. The molecule has 1 aliphatic rings. The molecule has 0 aromatic heterocycles. The smallest absolute Gasteiger partial charge is 0.0572 e. The maximum atomic E-state index is 5.26. The molecule has 0 aromatic rings. The molecular formula is C10H17NO. The molecule has 68 valence electrons. The van der Waals surface area contributed by atoms with E-state index in [1.807, 2.05) is 0 Å². The monoisotopic (exact) mass is 167 g/mol. The fourth-order valence-electron chi connectivity index (χ4n) is 1.82. The molecule has 1 rings (SSSR count). The summed E-state index contributed by atoms with van der Waals surface area (Å²) in [6.07, 6.45) is 11.1. The third-order valence-corrected chi connectivity index (χ3v) is 2.54. The summed E-state index contributed by atoms with van der Waals surface area (Å²) in [4.78, 5) is 4.89. The maximum absolute atomic E-state index is 5.26. The SMILES string of the molecule is C#CCC1CCC(NOC)CC1. The first-order valence-electron chi connectivity index (χ1n) is 4.58. The van der Waals surface area contributed by atoms with Crippen LogP contribution in [0, 0.1) is 18.3 Å². The minimum absolute atomic E-state index is 0.545. The zero-order valence-electron chi connectivity index (χ0n) is 7.68. The predicted octanol–water partition coefficient (Wildman–Crippen LogP) is 1.72. The molecule has 12 heavy (non-hydrogen) atoms. The first-order valence-corrected chi connectivity index (χ1v) is 4.58. The predicted molar refractivity (Wildman–Crippen MR) is 49.3 cm³/mol. The number of nitrogens with one attached hydrogen (secondary N) is 1. The van der Waals surface area contributed by atoms with Crippen LogP contribution >= 0.6 is 0 Å². The Morgan fingerprint density at radius 2 is 2.08 bits per heavy atom. The van der Waals surface area contributed by atoms with Crippen LogP contribution in [0.2, 0.25) is 0 Å². The van der Waals surface area contributed by atoms with Crippen molar-refractivity contribution in [3.8, 4) is 12.3 Å². The molecule has 0 amide bonds. The second-order valence-corrected chi connectivity index (χ2v) is 3.45. The van der Waals surface area contributed by atoms with E-state index >= 15 is 0 Å². The van der Waals surface area contributed by atoms with Gasteiger partial charge in [-0.25, -0.2) is 0 Å². The van der Waals surface area contributed by atoms with Crippen LogP contribution in [0.15, 0.2) is 0 Å². The lowest BCUT2D eigenvalue weighted by molar-refractivity contribution is 0.0436. The average molecular weight is 167 g/mol. The second kappa shape index (κ2) is 5.18. The minimum Gasteiger partial charge on any atom is -0.305 e. The van der Waals surface area contributed by atoms with Crippen molar-refractivity contribution in [3.63, 3.8) is 0 Å². The first kappa shape index (κ1) is 9.57. The zero-order valence-corrected chi connectivity index (χ0v) is 7.68. The van der Waals surface area contributed by atoms with E-state index < -0.39 is 0 Å². The van der Waals surface area contributed by atoms with E-state index in [1.165, 1.54) is 25.7 Å². The Balaban J connectivity index is 2.16. The normalized spacial score (nSPS) is 29.7. The minimum atomic E-state index is 0.545. The molecule has 1 saturated carbocycles. The van der Waals surface area contributed by atoms with Gasteiger partial charge in [-0.05, 0) is 31.6 Å². The van der Waals surface area contributed by atoms with Crippen molar-refractivity contribution in [1.29, 1.82) is 0 Å². The van der Waals surface area contributed by atoms with Gasteiger partial charge in [0.25, 0.3) is 0 Å². The molecule has 0 unspecified atom stereocenters. The van der Waals surface area contributed by atoms with Crippen molar-refractivity contribution < 1.29 is 4.84 Å². The third-order valence-electron chi connectivity index (χ3n) is 2.54. The van der Waals surface area contributed by atoms with Crippen LogP contribution in [0.3, 0.4) is 0 Å². The van der Waals surface area contributed by atoms with Crippen LogP contribution in [-0.4, -0.2) is 13.2 Å². The number of hydrogen-bond donors (Lipinski definition) is 1. The Hall–Kier alpha value is -0.520. The van der Waals surface area contributed by atoms with Crippen LogP contribution < -0.4 is 5.48 Å². The quantitative estimate of drug-likeness (QED) is 0.510. The fraction of sp³-hybridized carbons (Fsp3) is 0.800. The Morgan fingerprint density at radius 3 is 2.58 bits per heavy atom. The molecule has 0 aromatic carbocycles. The molecule has 0 atom stereocenters. The van der Waals surface area contributed by atoms with Crippen molar-refractivity contribution in [2.45, 2.75) is 38.1 Å². The van der Waals surface area contributed by atoms with Crippen LogP contribution in [-0.2, 0) is 4.84 Å². The molecule has 0 aliphatic heterocycles. The van der Waals surface area contributed by atoms with Crippen molar-refractivity contribution >= 4 is 0 Å². The van der Waals surface area contributed by atoms with Crippen molar-refractivity contribution in [3.05, 3.63) is 0 Å². The zero-order chi connectivity index (χ0) is 8.81. The lowest BCUT2D eigenvalue weighted by Gasteiger charge is -2.27. The lowest BCUT2D eigenvalue weighted by atomic mass is 9.85. The Bertz CT molecular complexity index is 154. The van der Waals surface area contributed by atoms with E-state index in [0.717, 1.165) is 12.3 Å². The largest absolute Gasteiger partial charge is 0.305 e. The third kappa shape index (κ3) is 2.84. The van der Waals surface area contributed by atoms with E-state index in [0.29, 0.717) is 6.04 Å². The summed E-state index contributed by atoms with van der Waals surface area (Å²) in [5.41, 5.74) is 3.00. The Morgan fingerprint density at radius 1 is 1.42 bits per heavy atom. The van der Waals surface area contributed by atoms with Gasteiger partial charge >= 0.3 is 0 Å². The van der Waals surface area contributed by atoms with Crippen LogP contribution in [0.25, 0.3) is 0 Å². The highest BCUT2D eigenvalue weighted by atomic mass is 16.6. The summed E-state index contributed by atoms with van der Waals surface area (Å²) in [5, 5.41) is 0. The Labute approximate surface area is 74.6 Å². The molecule has 1 aliphatic carbocycles. The van der Waals surface area contributed by atoms with Gasteiger partial charge in [-0.15, -0.1) is 12.3 Å². The van der Waals surface area contributed by atoms with Crippen molar-refractivity contribution in [1.82, 2.24) is 5.48 Å². The molecule has 0 saturated heterocycles. The molecule has 0 spiro atoms. The standard InChI is InChI=1S/C10H17NO/c1-3-4-9-5-7-10(8-6-9)11-12-2/h1,9-11H,4-8H2,2H3. The van der Waals surface area contributed by atoms with Gasteiger partial charge < -0.3 is 4.84 Å². The van der Waals surface area contributed by atoms with Gasteiger partial charge in [0.2, 0.25) is 0 Å². The summed E-state index contributed by atoms with van der Waals surface area (Å²) in [7, 11) is 1.67. The molecular weight excluding hydrogens is 150 g/mol. The summed E-state index contributed by atoms with van der Waals surface area (Å²) >= 11 is 0. The Kier molecular flexibility index (Phi) is 4.13. The topological polar surface area (TPSA) is 21.3 Å². The number of hydroxylamine groups is 1. The van der Waals surface area contributed by atoms with Gasteiger partial charge in [0.15, 0.2) is 0 Å². The number of terminal acetylenes is 1. The van der Waals surface area contributed by atoms with E-state index in [1.54, 1.807) is 7.11 Å². The van der Waals surface area contributed by atoms with Gasteiger partial charge in [-0.2, -0.15) is 5.48 Å². The summed E-state index contributed by atoms with van der Waals surface area (Å²) in [5.74, 6) is 3.49. The maximum Gasteiger partial charge on any atom is 0.0572 e. The summed E-state index contributed by atoms with van der Waals surface area (Å²) in [6.45, 7) is 0. The molecule has 1 fully saturated rings. The molecule has 0 radical (unpaired) electrons. The van der Waals surface area contributed by atoms with Crippen LogP contribution in [0.1, 0.15) is 32.1 Å². The van der Waals surface area contributed by atoms with E-state index in [2.05, 4.69) is 11.4 Å². The van der Waals surface area contributed by atoms with Crippen LogP contribution in [0.4, 0.5) is 0 Å². The highest BCUT2D eigenvalue weighted by Crippen LogP contribution is 2.26. The van der Waals surface area contributed by atoms with Gasteiger partial charge in [0, 0.05) is 12.5 Å². The molecule has 0 bridgehead atoms. The lowest BCUT2D eigenvalue weighted by Crippen LogP contribution is -2.32.